The van der Waals surface area contributed by atoms with Crippen LogP contribution in [0.3, 0.4) is 0 Å². The van der Waals surface area contributed by atoms with E-state index in [1.165, 1.54) is 32.1 Å². The Bertz CT molecular complexity index is 214. The monoisotopic (exact) mass is 227 g/mol. The van der Waals surface area contributed by atoms with Crippen LogP contribution in [-0.2, 0) is 9.53 Å². The summed E-state index contributed by atoms with van der Waals surface area (Å²) >= 11 is 0. The molecular formula is C13H25NO2. The normalized spacial score (nSPS) is 18.4. The second-order valence-electron chi connectivity index (χ2n) is 5.79. The minimum absolute atomic E-state index is 0.0239. The molecule has 3 nitrogen and oxygen atoms in total. The predicted octanol–water partition coefficient (Wildman–Crippen LogP) is 2.50. The van der Waals surface area contributed by atoms with E-state index in [4.69, 9.17) is 4.74 Å². The third kappa shape index (κ3) is 6.11. The van der Waals surface area contributed by atoms with E-state index in [2.05, 4.69) is 5.32 Å². The average molecular weight is 227 g/mol. The molecule has 94 valence electrons. The van der Waals surface area contributed by atoms with Gasteiger partial charge in [0.2, 0.25) is 0 Å². The molecule has 1 saturated carbocycles. The highest BCUT2D eigenvalue weighted by molar-refractivity contribution is 5.71. The van der Waals surface area contributed by atoms with Crippen LogP contribution in [0, 0.1) is 5.92 Å². The van der Waals surface area contributed by atoms with Gasteiger partial charge in [-0.3, -0.25) is 4.79 Å². The van der Waals surface area contributed by atoms with E-state index >= 15 is 0 Å². The fourth-order valence-electron chi connectivity index (χ4n) is 1.95. The topological polar surface area (TPSA) is 38.3 Å². The molecule has 1 N–H and O–H groups in total. The van der Waals surface area contributed by atoms with Crippen LogP contribution in [0.5, 0.6) is 0 Å². The number of ether oxygens (including phenoxy) is 1. The molecule has 3 heteroatoms. The first kappa shape index (κ1) is 13.5. The fraction of sp³-hybridized carbons (Fsp3) is 0.923. The SMILES string of the molecule is CC(C)(C)NCC(=O)OCC1CCCCC1. The summed E-state index contributed by atoms with van der Waals surface area (Å²) in [5.41, 5.74) is -0.0239. The number of hydrogen-bond acceptors (Lipinski definition) is 3. The number of hydrogen-bond donors (Lipinski definition) is 1. The number of nitrogens with one attached hydrogen (secondary N) is 1. The number of esters is 1. The maximum atomic E-state index is 11.4. The first-order valence-corrected chi connectivity index (χ1v) is 6.38. The molecule has 0 aliphatic heterocycles. The summed E-state index contributed by atoms with van der Waals surface area (Å²) in [5, 5.41) is 3.13. The molecule has 0 atom stereocenters. The molecule has 0 aromatic carbocycles. The highest BCUT2D eigenvalue weighted by Crippen LogP contribution is 2.23. The van der Waals surface area contributed by atoms with E-state index in [9.17, 15) is 4.79 Å². The van der Waals surface area contributed by atoms with E-state index in [0.29, 0.717) is 19.1 Å². The maximum absolute atomic E-state index is 11.4. The molecule has 0 unspecified atom stereocenters. The third-order valence-corrected chi connectivity index (χ3v) is 2.97. The lowest BCUT2D eigenvalue weighted by molar-refractivity contribution is -0.144. The van der Waals surface area contributed by atoms with Gasteiger partial charge in [-0.25, -0.2) is 0 Å². The maximum Gasteiger partial charge on any atom is 0.319 e. The Kier molecular flexibility index (Phi) is 5.26. The van der Waals surface area contributed by atoms with Crippen molar-refractivity contribution in [1.82, 2.24) is 5.32 Å². The first-order valence-electron chi connectivity index (χ1n) is 6.38. The predicted molar refractivity (Wildman–Crippen MR) is 65.3 cm³/mol. The van der Waals surface area contributed by atoms with Gasteiger partial charge in [0.25, 0.3) is 0 Å². The van der Waals surface area contributed by atoms with Crippen molar-refractivity contribution in [2.24, 2.45) is 5.92 Å². The molecular weight excluding hydrogens is 202 g/mol. The molecule has 0 aromatic rings. The lowest BCUT2D eigenvalue weighted by Crippen LogP contribution is -2.40. The Labute approximate surface area is 98.9 Å². The van der Waals surface area contributed by atoms with Gasteiger partial charge in [0.1, 0.15) is 0 Å². The molecule has 0 amide bonds. The van der Waals surface area contributed by atoms with Crippen molar-refractivity contribution in [3.05, 3.63) is 0 Å². The highest BCUT2D eigenvalue weighted by Gasteiger charge is 2.16. The van der Waals surface area contributed by atoms with Crippen LogP contribution in [0.2, 0.25) is 0 Å². The molecule has 16 heavy (non-hydrogen) atoms. The summed E-state index contributed by atoms with van der Waals surface area (Å²) in [5.74, 6) is 0.479. The van der Waals surface area contributed by atoms with Gasteiger partial charge in [-0.1, -0.05) is 19.3 Å². The first-order chi connectivity index (χ1) is 7.47. The van der Waals surface area contributed by atoms with Crippen molar-refractivity contribution in [1.29, 1.82) is 0 Å². The summed E-state index contributed by atoms with van der Waals surface area (Å²) in [7, 11) is 0. The van der Waals surface area contributed by atoms with Gasteiger partial charge in [-0.05, 0) is 39.5 Å². The zero-order chi connectivity index (χ0) is 12.0. The zero-order valence-corrected chi connectivity index (χ0v) is 10.8. The van der Waals surface area contributed by atoms with Gasteiger partial charge in [0.15, 0.2) is 0 Å². The Hall–Kier alpha value is -0.570. The standard InChI is InChI=1S/C13H25NO2/c1-13(2,3)14-9-12(15)16-10-11-7-5-4-6-8-11/h11,14H,4-10H2,1-3H3. The fourth-order valence-corrected chi connectivity index (χ4v) is 1.95. The van der Waals surface area contributed by atoms with Crippen LogP contribution in [0.4, 0.5) is 0 Å². The average Bonchev–Trinajstić information content (AvgIpc) is 2.24. The van der Waals surface area contributed by atoms with Gasteiger partial charge in [-0.15, -0.1) is 0 Å². The van der Waals surface area contributed by atoms with Gasteiger partial charge in [0, 0.05) is 5.54 Å². The lowest BCUT2D eigenvalue weighted by atomic mass is 9.90. The number of carbonyl (C=O) groups is 1. The van der Waals surface area contributed by atoms with Crippen molar-refractivity contribution in [3.8, 4) is 0 Å². The van der Waals surface area contributed by atoms with Crippen molar-refractivity contribution < 1.29 is 9.53 Å². The summed E-state index contributed by atoms with van der Waals surface area (Å²) in [6.07, 6.45) is 6.38. The molecule has 1 rings (SSSR count). The van der Waals surface area contributed by atoms with Crippen LogP contribution in [0.1, 0.15) is 52.9 Å². The van der Waals surface area contributed by atoms with Crippen LogP contribution >= 0.6 is 0 Å². The highest BCUT2D eigenvalue weighted by atomic mass is 16.5. The van der Waals surface area contributed by atoms with E-state index in [1.54, 1.807) is 0 Å². The van der Waals surface area contributed by atoms with E-state index in [-0.39, 0.29) is 11.5 Å². The summed E-state index contributed by atoms with van der Waals surface area (Å²) < 4.78 is 5.28. The molecule has 0 saturated heterocycles. The zero-order valence-electron chi connectivity index (χ0n) is 10.8. The summed E-state index contributed by atoms with van der Waals surface area (Å²) in [6, 6.07) is 0. The largest absolute Gasteiger partial charge is 0.464 e. The Morgan fingerprint density at radius 1 is 1.25 bits per heavy atom. The molecule has 0 radical (unpaired) electrons. The quantitative estimate of drug-likeness (QED) is 0.750. The molecule has 0 spiro atoms. The van der Waals surface area contributed by atoms with E-state index in [1.807, 2.05) is 20.8 Å². The number of rotatable bonds is 4. The van der Waals surface area contributed by atoms with E-state index in [0.717, 1.165) is 0 Å². The smallest absolute Gasteiger partial charge is 0.319 e. The van der Waals surface area contributed by atoms with Crippen molar-refractivity contribution in [2.75, 3.05) is 13.2 Å². The van der Waals surface area contributed by atoms with Crippen LogP contribution in [0.25, 0.3) is 0 Å². The number of carbonyl (C=O) groups excluding carboxylic acids is 1. The second kappa shape index (κ2) is 6.24. The summed E-state index contributed by atoms with van der Waals surface area (Å²) in [4.78, 5) is 11.4. The lowest BCUT2D eigenvalue weighted by Gasteiger charge is -2.22. The van der Waals surface area contributed by atoms with Gasteiger partial charge >= 0.3 is 5.97 Å². The second-order valence-corrected chi connectivity index (χ2v) is 5.79. The molecule has 0 bridgehead atoms. The minimum atomic E-state index is -0.125. The van der Waals surface area contributed by atoms with Crippen LogP contribution < -0.4 is 5.32 Å². The molecule has 0 heterocycles. The third-order valence-electron chi connectivity index (χ3n) is 2.97. The minimum Gasteiger partial charge on any atom is -0.464 e. The van der Waals surface area contributed by atoms with Gasteiger partial charge < -0.3 is 10.1 Å². The molecule has 0 aromatic heterocycles. The van der Waals surface area contributed by atoms with Gasteiger partial charge in [-0.2, -0.15) is 0 Å². The Balaban J connectivity index is 2.09. The van der Waals surface area contributed by atoms with Gasteiger partial charge in [0.05, 0.1) is 13.2 Å². The molecule has 1 aliphatic rings. The Morgan fingerprint density at radius 2 is 1.88 bits per heavy atom. The van der Waals surface area contributed by atoms with Crippen molar-refractivity contribution in [2.45, 2.75) is 58.4 Å². The Morgan fingerprint density at radius 3 is 2.44 bits per heavy atom. The van der Waals surface area contributed by atoms with Crippen molar-refractivity contribution in [3.63, 3.8) is 0 Å². The summed E-state index contributed by atoms with van der Waals surface area (Å²) in [6.45, 7) is 7.06. The molecule has 1 aliphatic carbocycles. The van der Waals surface area contributed by atoms with E-state index < -0.39 is 0 Å². The molecule has 1 fully saturated rings. The van der Waals surface area contributed by atoms with Crippen LogP contribution in [-0.4, -0.2) is 24.7 Å². The van der Waals surface area contributed by atoms with Crippen molar-refractivity contribution >= 4 is 5.97 Å². The van der Waals surface area contributed by atoms with Crippen LogP contribution in [0.15, 0.2) is 0 Å².